The Morgan fingerprint density at radius 3 is 2.67 bits per heavy atom. The number of nitrogens with two attached hydrogens (primary N) is 1. The van der Waals surface area contributed by atoms with Crippen molar-refractivity contribution in [2.45, 2.75) is 25.8 Å². The molecule has 1 aliphatic rings. The van der Waals surface area contributed by atoms with Crippen LogP contribution in [0.3, 0.4) is 0 Å². The minimum Gasteiger partial charge on any atom is -0.355 e. The number of hydrogen-bond acceptors (Lipinski definition) is 3. The summed E-state index contributed by atoms with van der Waals surface area (Å²) in [6, 6.07) is 1.92. The Balaban J connectivity index is 2.19. The van der Waals surface area contributed by atoms with Gasteiger partial charge in [-0.15, -0.1) is 0 Å². The van der Waals surface area contributed by atoms with Gasteiger partial charge in [-0.05, 0) is 30.9 Å². The molecule has 1 aromatic heterocycles. The van der Waals surface area contributed by atoms with E-state index in [0.717, 1.165) is 29.5 Å². The molecule has 0 amide bonds. The lowest BCUT2D eigenvalue weighted by Crippen LogP contribution is -2.30. The van der Waals surface area contributed by atoms with E-state index >= 15 is 0 Å². The standard InChI is InChI=1S/C11H16ClN3/c12-10-6-9(7-13)8-14-11(10)15-4-2-1-3-5-15/h6,8H,1-5,7,13H2. The van der Waals surface area contributed by atoms with Gasteiger partial charge in [0.05, 0.1) is 5.02 Å². The Bertz CT molecular complexity index is 335. The third-order valence-corrected chi connectivity index (χ3v) is 3.05. The molecule has 0 unspecified atom stereocenters. The van der Waals surface area contributed by atoms with Crippen LogP contribution in [0.1, 0.15) is 24.8 Å². The molecule has 1 saturated heterocycles. The molecule has 0 bridgehead atoms. The molecule has 0 saturated carbocycles. The highest BCUT2D eigenvalue weighted by molar-refractivity contribution is 6.33. The first kappa shape index (κ1) is 10.7. The second-order valence-corrected chi connectivity index (χ2v) is 4.31. The highest BCUT2D eigenvalue weighted by Crippen LogP contribution is 2.26. The van der Waals surface area contributed by atoms with Gasteiger partial charge in [-0.25, -0.2) is 4.98 Å². The monoisotopic (exact) mass is 225 g/mol. The van der Waals surface area contributed by atoms with Crippen LogP contribution in [-0.2, 0) is 6.54 Å². The highest BCUT2D eigenvalue weighted by Gasteiger charge is 2.14. The normalized spacial score (nSPS) is 16.8. The number of halogens is 1. The van der Waals surface area contributed by atoms with E-state index in [1.165, 1.54) is 19.3 Å². The number of aromatic nitrogens is 1. The maximum absolute atomic E-state index is 6.18. The molecule has 0 spiro atoms. The van der Waals surface area contributed by atoms with Gasteiger partial charge >= 0.3 is 0 Å². The van der Waals surface area contributed by atoms with E-state index in [2.05, 4.69) is 9.88 Å². The van der Waals surface area contributed by atoms with Crippen LogP contribution >= 0.6 is 11.6 Å². The summed E-state index contributed by atoms with van der Waals surface area (Å²) in [5.41, 5.74) is 6.52. The molecule has 0 radical (unpaired) electrons. The molecule has 1 fully saturated rings. The quantitative estimate of drug-likeness (QED) is 0.839. The molecule has 0 atom stereocenters. The summed E-state index contributed by atoms with van der Waals surface area (Å²) >= 11 is 6.18. The number of hydrogen-bond donors (Lipinski definition) is 1. The first-order chi connectivity index (χ1) is 7.31. The third kappa shape index (κ3) is 2.41. The van der Waals surface area contributed by atoms with Gasteiger partial charge in [0.15, 0.2) is 0 Å². The Morgan fingerprint density at radius 2 is 2.07 bits per heavy atom. The van der Waals surface area contributed by atoms with E-state index in [4.69, 9.17) is 17.3 Å². The molecule has 2 heterocycles. The topological polar surface area (TPSA) is 42.1 Å². The minimum atomic E-state index is 0.493. The molecule has 15 heavy (non-hydrogen) atoms. The summed E-state index contributed by atoms with van der Waals surface area (Å²) < 4.78 is 0. The molecule has 0 aromatic carbocycles. The van der Waals surface area contributed by atoms with Gasteiger partial charge in [-0.2, -0.15) is 0 Å². The van der Waals surface area contributed by atoms with Gasteiger partial charge in [0.2, 0.25) is 0 Å². The summed E-state index contributed by atoms with van der Waals surface area (Å²) in [4.78, 5) is 6.64. The van der Waals surface area contributed by atoms with Gasteiger partial charge in [0.25, 0.3) is 0 Å². The fourth-order valence-electron chi connectivity index (χ4n) is 1.92. The number of anilines is 1. The summed E-state index contributed by atoms with van der Waals surface area (Å²) in [6.07, 6.45) is 5.60. The van der Waals surface area contributed by atoms with E-state index in [-0.39, 0.29) is 0 Å². The van der Waals surface area contributed by atoms with Crippen LogP contribution in [0.5, 0.6) is 0 Å². The van der Waals surface area contributed by atoms with E-state index in [1.54, 1.807) is 0 Å². The second-order valence-electron chi connectivity index (χ2n) is 3.90. The number of rotatable bonds is 2. The van der Waals surface area contributed by atoms with Crippen LogP contribution in [0.25, 0.3) is 0 Å². The summed E-state index contributed by atoms with van der Waals surface area (Å²) in [6.45, 7) is 2.62. The van der Waals surface area contributed by atoms with E-state index in [0.29, 0.717) is 6.54 Å². The van der Waals surface area contributed by atoms with Crippen molar-refractivity contribution in [1.29, 1.82) is 0 Å². The van der Waals surface area contributed by atoms with Crippen LogP contribution in [-0.4, -0.2) is 18.1 Å². The maximum atomic E-state index is 6.18. The van der Waals surface area contributed by atoms with Gasteiger partial charge in [0, 0.05) is 25.8 Å². The van der Waals surface area contributed by atoms with Crippen molar-refractivity contribution in [3.8, 4) is 0 Å². The zero-order valence-corrected chi connectivity index (χ0v) is 9.50. The zero-order chi connectivity index (χ0) is 10.7. The Labute approximate surface area is 95.2 Å². The van der Waals surface area contributed by atoms with E-state index in [9.17, 15) is 0 Å². The molecule has 1 aromatic rings. The number of pyridine rings is 1. The third-order valence-electron chi connectivity index (χ3n) is 2.77. The fourth-order valence-corrected chi connectivity index (χ4v) is 2.23. The van der Waals surface area contributed by atoms with Gasteiger partial charge in [0.1, 0.15) is 5.82 Å². The number of piperidine rings is 1. The Morgan fingerprint density at radius 1 is 1.33 bits per heavy atom. The van der Waals surface area contributed by atoms with Crippen molar-refractivity contribution in [3.05, 3.63) is 22.8 Å². The molecule has 82 valence electrons. The molecule has 1 aliphatic heterocycles. The van der Waals surface area contributed by atoms with E-state index in [1.807, 2.05) is 12.3 Å². The van der Waals surface area contributed by atoms with Crippen LogP contribution in [0.15, 0.2) is 12.3 Å². The highest BCUT2D eigenvalue weighted by atomic mass is 35.5. The molecular formula is C11H16ClN3. The van der Waals surface area contributed by atoms with Crippen molar-refractivity contribution >= 4 is 17.4 Å². The first-order valence-corrected chi connectivity index (χ1v) is 5.78. The van der Waals surface area contributed by atoms with Crippen LogP contribution in [0.4, 0.5) is 5.82 Å². The van der Waals surface area contributed by atoms with Gasteiger partial charge in [-0.1, -0.05) is 11.6 Å². The van der Waals surface area contributed by atoms with Crippen molar-refractivity contribution in [1.82, 2.24) is 4.98 Å². The summed E-state index contributed by atoms with van der Waals surface area (Å²) in [5.74, 6) is 0.911. The summed E-state index contributed by atoms with van der Waals surface area (Å²) in [7, 11) is 0. The van der Waals surface area contributed by atoms with Crippen molar-refractivity contribution < 1.29 is 0 Å². The SMILES string of the molecule is NCc1cnc(N2CCCCC2)c(Cl)c1. The maximum Gasteiger partial charge on any atom is 0.147 e. The molecule has 2 rings (SSSR count). The number of nitrogens with zero attached hydrogens (tertiary/aromatic N) is 2. The van der Waals surface area contributed by atoms with Gasteiger partial charge in [-0.3, -0.25) is 0 Å². The predicted molar refractivity (Wildman–Crippen MR) is 63.2 cm³/mol. The second kappa shape index (κ2) is 4.81. The van der Waals surface area contributed by atoms with E-state index < -0.39 is 0 Å². The smallest absolute Gasteiger partial charge is 0.147 e. The summed E-state index contributed by atoms with van der Waals surface area (Å²) in [5, 5.41) is 0.722. The van der Waals surface area contributed by atoms with Crippen molar-refractivity contribution in [2.24, 2.45) is 5.73 Å². The molecule has 2 N–H and O–H groups in total. The molecule has 4 heteroatoms. The Hall–Kier alpha value is -0.800. The van der Waals surface area contributed by atoms with Crippen LogP contribution in [0, 0.1) is 0 Å². The average Bonchev–Trinajstić information content (AvgIpc) is 2.30. The van der Waals surface area contributed by atoms with Gasteiger partial charge < -0.3 is 10.6 Å². The molecular weight excluding hydrogens is 210 g/mol. The lowest BCUT2D eigenvalue weighted by Gasteiger charge is -2.28. The minimum absolute atomic E-state index is 0.493. The Kier molecular flexibility index (Phi) is 3.44. The average molecular weight is 226 g/mol. The van der Waals surface area contributed by atoms with Crippen LogP contribution in [0.2, 0.25) is 5.02 Å². The zero-order valence-electron chi connectivity index (χ0n) is 8.75. The fraction of sp³-hybridized carbons (Fsp3) is 0.545. The predicted octanol–water partition coefficient (Wildman–Crippen LogP) is 2.18. The first-order valence-electron chi connectivity index (χ1n) is 5.40. The van der Waals surface area contributed by atoms with Crippen LogP contribution < -0.4 is 10.6 Å². The lowest BCUT2D eigenvalue weighted by atomic mass is 10.1. The molecule has 0 aliphatic carbocycles. The van der Waals surface area contributed by atoms with Crippen molar-refractivity contribution in [2.75, 3.05) is 18.0 Å². The molecule has 3 nitrogen and oxygen atoms in total. The largest absolute Gasteiger partial charge is 0.355 e. The van der Waals surface area contributed by atoms with Crippen molar-refractivity contribution in [3.63, 3.8) is 0 Å². The lowest BCUT2D eigenvalue weighted by molar-refractivity contribution is 0.573.